The van der Waals surface area contributed by atoms with Crippen LogP contribution in [0.3, 0.4) is 0 Å². The Hall–Kier alpha value is -2.04. The molecule has 0 aliphatic heterocycles. The number of carbonyl (C=O) groups is 2. The van der Waals surface area contributed by atoms with Crippen molar-refractivity contribution in [2.75, 3.05) is 25.0 Å². The zero-order chi connectivity index (χ0) is 15.3. The van der Waals surface area contributed by atoms with Gasteiger partial charge in [0.2, 0.25) is 0 Å². The molecule has 2 amide bonds. The summed E-state index contributed by atoms with van der Waals surface area (Å²) in [6, 6.07) is 5.74. The molecule has 0 radical (unpaired) electrons. The lowest BCUT2D eigenvalue weighted by Gasteiger charge is -2.27. The van der Waals surface area contributed by atoms with E-state index in [0.717, 1.165) is 16.8 Å². The molecule has 0 atom stereocenters. The lowest BCUT2D eigenvalue weighted by Crippen LogP contribution is -2.42. The summed E-state index contributed by atoms with van der Waals surface area (Å²) < 4.78 is 0. The fraction of sp³-hybridized carbons (Fsp3) is 0.467. The molecule has 0 aliphatic rings. The second-order valence-corrected chi connectivity index (χ2v) is 4.91. The maximum atomic E-state index is 12.4. The SMILES string of the molecule is CCN(CCC(=O)O)C(=O)N(C)c1cc(C)cc(C)c1. The molecule has 1 aromatic carbocycles. The van der Waals surface area contributed by atoms with Crippen molar-refractivity contribution in [2.45, 2.75) is 27.2 Å². The highest BCUT2D eigenvalue weighted by molar-refractivity contribution is 5.91. The van der Waals surface area contributed by atoms with Crippen molar-refractivity contribution in [3.8, 4) is 0 Å². The predicted molar refractivity (Wildman–Crippen MR) is 79.2 cm³/mol. The summed E-state index contributed by atoms with van der Waals surface area (Å²) in [5, 5.41) is 8.72. The van der Waals surface area contributed by atoms with Crippen LogP contribution in [0.5, 0.6) is 0 Å². The summed E-state index contributed by atoms with van der Waals surface area (Å²) in [5.41, 5.74) is 3.00. The fourth-order valence-electron chi connectivity index (χ4n) is 2.09. The van der Waals surface area contributed by atoms with Crippen LogP contribution < -0.4 is 4.90 Å². The van der Waals surface area contributed by atoms with E-state index in [1.54, 1.807) is 11.9 Å². The summed E-state index contributed by atoms with van der Waals surface area (Å²) in [6.45, 7) is 6.52. The third kappa shape index (κ3) is 4.26. The quantitative estimate of drug-likeness (QED) is 0.900. The molecule has 1 aromatic rings. The third-order valence-corrected chi connectivity index (χ3v) is 3.13. The standard InChI is InChI=1S/C15H22N2O3/c1-5-17(7-6-14(18)19)15(20)16(4)13-9-11(2)8-12(3)10-13/h8-10H,5-7H2,1-4H3,(H,18,19). The Morgan fingerprint density at radius 2 is 1.70 bits per heavy atom. The van der Waals surface area contributed by atoms with Gasteiger partial charge < -0.3 is 10.0 Å². The molecule has 5 heteroatoms. The van der Waals surface area contributed by atoms with Crippen LogP contribution in [0, 0.1) is 13.8 Å². The van der Waals surface area contributed by atoms with E-state index in [4.69, 9.17) is 5.11 Å². The average Bonchev–Trinajstić information content (AvgIpc) is 2.36. The number of aryl methyl sites for hydroxylation is 2. The van der Waals surface area contributed by atoms with E-state index in [2.05, 4.69) is 0 Å². The summed E-state index contributed by atoms with van der Waals surface area (Å²) in [7, 11) is 1.71. The highest BCUT2D eigenvalue weighted by atomic mass is 16.4. The molecule has 0 spiro atoms. The van der Waals surface area contributed by atoms with E-state index in [0.29, 0.717) is 6.54 Å². The van der Waals surface area contributed by atoms with Gasteiger partial charge in [0.05, 0.1) is 6.42 Å². The molecule has 0 saturated heterocycles. The monoisotopic (exact) mass is 278 g/mol. The van der Waals surface area contributed by atoms with Crippen molar-refractivity contribution < 1.29 is 14.7 Å². The number of carboxylic acids is 1. The Morgan fingerprint density at radius 1 is 1.15 bits per heavy atom. The van der Waals surface area contributed by atoms with Gasteiger partial charge in [0, 0.05) is 25.8 Å². The number of hydrogen-bond acceptors (Lipinski definition) is 2. The number of benzene rings is 1. The highest BCUT2D eigenvalue weighted by Gasteiger charge is 2.18. The number of aliphatic carboxylic acids is 1. The molecule has 0 saturated carbocycles. The van der Waals surface area contributed by atoms with Crippen LogP contribution in [-0.2, 0) is 4.79 Å². The second-order valence-electron chi connectivity index (χ2n) is 4.91. The first-order valence-electron chi connectivity index (χ1n) is 6.68. The van der Waals surface area contributed by atoms with Crippen LogP contribution >= 0.6 is 0 Å². The zero-order valence-corrected chi connectivity index (χ0v) is 12.5. The Kier molecular flexibility index (Phi) is 5.55. The Bertz CT molecular complexity index is 480. The normalized spacial score (nSPS) is 10.2. The van der Waals surface area contributed by atoms with E-state index in [1.807, 2.05) is 39.0 Å². The number of amides is 2. The highest BCUT2D eigenvalue weighted by Crippen LogP contribution is 2.18. The van der Waals surface area contributed by atoms with Crippen LogP contribution in [0.15, 0.2) is 18.2 Å². The first-order valence-corrected chi connectivity index (χ1v) is 6.68. The van der Waals surface area contributed by atoms with E-state index >= 15 is 0 Å². The molecule has 1 N–H and O–H groups in total. The first-order chi connectivity index (χ1) is 9.35. The number of hydrogen-bond donors (Lipinski definition) is 1. The van der Waals surface area contributed by atoms with Gasteiger partial charge in [-0.05, 0) is 44.0 Å². The van der Waals surface area contributed by atoms with E-state index in [9.17, 15) is 9.59 Å². The first kappa shape index (κ1) is 16.0. The smallest absolute Gasteiger partial charge is 0.324 e. The van der Waals surface area contributed by atoms with Gasteiger partial charge in [0.15, 0.2) is 0 Å². The van der Waals surface area contributed by atoms with Crippen LogP contribution in [0.1, 0.15) is 24.5 Å². The van der Waals surface area contributed by atoms with Gasteiger partial charge in [-0.1, -0.05) is 6.07 Å². The average molecular weight is 278 g/mol. The van der Waals surface area contributed by atoms with Crippen LogP contribution in [0.2, 0.25) is 0 Å². The van der Waals surface area contributed by atoms with Crippen molar-refractivity contribution in [2.24, 2.45) is 0 Å². The van der Waals surface area contributed by atoms with Crippen molar-refractivity contribution in [1.29, 1.82) is 0 Å². The lowest BCUT2D eigenvalue weighted by atomic mass is 10.1. The minimum atomic E-state index is -0.898. The maximum absolute atomic E-state index is 12.4. The predicted octanol–water partition coefficient (Wildman–Crippen LogP) is 2.66. The van der Waals surface area contributed by atoms with Gasteiger partial charge in [0.1, 0.15) is 0 Å². The van der Waals surface area contributed by atoms with Gasteiger partial charge in [-0.25, -0.2) is 4.79 Å². The van der Waals surface area contributed by atoms with Crippen molar-refractivity contribution in [1.82, 2.24) is 4.90 Å². The second kappa shape index (κ2) is 6.93. The Balaban J connectivity index is 2.85. The Morgan fingerprint density at radius 3 is 2.15 bits per heavy atom. The number of urea groups is 1. The van der Waals surface area contributed by atoms with Gasteiger partial charge in [-0.15, -0.1) is 0 Å². The van der Waals surface area contributed by atoms with Crippen molar-refractivity contribution in [3.63, 3.8) is 0 Å². The lowest BCUT2D eigenvalue weighted by molar-refractivity contribution is -0.137. The summed E-state index contributed by atoms with van der Waals surface area (Å²) in [4.78, 5) is 26.1. The van der Waals surface area contributed by atoms with E-state index in [1.165, 1.54) is 4.90 Å². The molecule has 5 nitrogen and oxygen atoms in total. The van der Waals surface area contributed by atoms with E-state index < -0.39 is 5.97 Å². The van der Waals surface area contributed by atoms with Crippen LogP contribution in [-0.4, -0.2) is 42.1 Å². The number of carboxylic acid groups (broad SMARTS) is 1. The molecular formula is C15H22N2O3. The molecule has 0 fully saturated rings. The fourth-order valence-corrected chi connectivity index (χ4v) is 2.09. The van der Waals surface area contributed by atoms with Crippen molar-refractivity contribution in [3.05, 3.63) is 29.3 Å². The molecule has 20 heavy (non-hydrogen) atoms. The number of carbonyl (C=O) groups excluding carboxylic acids is 1. The molecule has 110 valence electrons. The summed E-state index contributed by atoms with van der Waals surface area (Å²) in [6.07, 6.45) is -0.0414. The zero-order valence-electron chi connectivity index (χ0n) is 12.5. The minimum Gasteiger partial charge on any atom is -0.481 e. The number of nitrogens with zero attached hydrogens (tertiary/aromatic N) is 2. The molecular weight excluding hydrogens is 256 g/mol. The van der Waals surface area contributed by atoms with Crippen LogP contribution in [0.25, 0.3) is 0 Å². The third-order valence-electron chi connectivity index (χ3n) is 3.13. The Labute approximate surface area is 119 Å². The van der Waals surface area contributed by atoms with Gasteiger partial charge in [0.25, 0.3) is 0 Å². The number of anilines is 1. The maximum Gasteiger partial charge on any atom is 0.324 e. The molecule has 1 rings (SSSR count). The van der Waals surface area contributed by atoms with Crippen LogP contribution in [0.4, 0.5) is 10.5 Å². The number of rotatable bonds is 5. The molecule has 0 aliphatic carbocycles. The molecule has 0 unspecified atom stereocenters. The molecule has 0 heterocycles. The molecule has 0 aromatic heterocycles. The minimum absolute atomic E-state index is 0.0414. The topological polar surface area (TPSA) is 60.9 Å². The van der Waals surface area contributed by atoms with Crippen molar-refractivity contribution >= 4 is 17.7 Å². The largest absolute Gasteiger partial charge is 0.481 e. The van der Waals surface area contributed by atoms with Gasteiger partial charge in [-0.3, -0.25) is 9.69 Å². The summed E-state index contributed by atoms with van der Waals surface area (Å²) >= 11 is 0. The molecule has 0 bridgehead atoms. The van der Waals surface area contributed by atoms with Gasteiger partial charge in [-0.2, -0.15) is 0 Å². The van der Waals surface area contributed by atoms with E-state index in [-0.39, 0.29) is 19.0 Å². The summed E-state index contributed by atoms with van der Waals surface area (Å²) in [5.74, 6) is -0.898. The van der Waals surface area contributed by atoms with Gasteiger partial charge >= 0.3 is 12.0 Å².